The summed E-state index contributed by atoms with van der Waals surface area (Å²) in [4.78, 5) is 25.3. The van der Waals surface area contributed by atoms with Crippen LogP contribution in [0, 0.1) is 5.92 Å². The largest absolute Gasteiger partial charge is 0.373 e. The molecule has 1 aliphatic heterocycles. The van der Waals surface area contributed by atoms with Crippen molar-refractivity contribution in [2.24, 2.45) is 5.92 Å². The Morgan fingerprint density at radius 2 is 1.85 bits per heavy atom. The number of carbonyl (C=O) groups is 2. The Kier molecular flexibility index (Phi) is 6.95. The van der Waals surface area contributed by atoms with Gasteiger partial charge in [0, 0.05) is 19.6 Å². The fourth-order valence-electron chi connectivity index (χ4n) is 2.30. The molecule has 2 unspecified atom stereocenters. The van der Waals surface area contributed by atoms with Crippen molar-refractivity contribution in [1.82, 2.24) is 15.5 Å². The van der Waals surface area contributed by atoms with Crippen LogP contribution in [0.5, 0.6) is 0 Å². The first-order valence-corrected chi connectivity index (χ1v) is 7.32. The van der Waals surface area contributed by atoms with Crippen molar-refractivity contribution in [2.75, 3.05) is 26.2 Å². The third-order valence-electron chi connectivity index (χ3n) is 3.12. The topological polar surface area (TPSA) is 70.7 Å². The van der Waals surface area contributed by atoms with Crippen LogP contribution in [0.3, 0.4) is 0 Å². The Morgan fingerprint density at radius 3 is 2.40 bits per heavy atom. The highest BCUT2D eigenvalue weighted by Gasteiger charge is 2.24. The molecule has 0 bridgehead atoms. The SMILES string of the molecule is CC(C)CCNC(=O)NC(=O)CN1CC(C)OC(C)C1. The monoisotopic (exact) mass is 285 g/mol. The lowest BCUT2D eigenvalue weighted by Crippen LogP contribution is -2.51. The molecule has 0 saturated carbocycles. The summed E-state index contributed by atoms with van der Waals surface area (Å²) in [6.07, 6.45) is 1.14. The van der Waals surface area contributed by atoms with E-state index in [1.54, 1.807) is 0 Å². The number of amides is 3. The second kappa shape index (κ2) is 8.21. The number of carbonyl (C=O) groups excluding carboxylic acids is 2. The minimum absolute atomic E-state index is 0.117. The highest BCUT2D eigenvalue weighted by molar-refractivity contribution is 5.95. The van der Waals surface area contributed by atoms with Crippen molar-refractivity contribution in [3.8, 4) is 0 Å². The molecule has 1 heterocycles. The van der Waals surface area contributed by atoms with Crippen LogP contribution in [0.15, 0.2) is 0 Å². The van der Waals surface area contributed by atoms with E-state index in [-0.39, 0.29) is 24.7 Å². The van der Waals surface area contributed by atoms with E-state index in [2.05, 4.69) is 24.5 Å². The van der Waals surface area contributed by atoms with Crippen molar-refractivity contribution in [1.29, 1.82) is 0 Å². The lowest BCUT2D eigenvalue weighted by atomic mass is 10.1. The van der Waals surface area contributed by atoms with Crippen molar-refractivity contribution in [2.45, 2.75) is 46.3 Å². The predicted octanol–water partition coefficient (Wildman–Crippen LogP) is 0.968. The van der Waals surface area contributed by atoms with Crippen LogP contribution < -0.4 is 10.6 Å². The number of nitrogens with zero attached hydrogens (tertiary/aromatic N) is 1. The number of hydrogen-bond donors (Lipinski definition) is 2. The first-order valence-electron chi connectivity index (χ1n) is 7.32. The smallest absolute Gasteiger partial charge is 0.321 e. The quantitative estimate of drug-likeness (QED) is 0.789. The van der Waals surface area contributed by atoms with E-state index in [1.165, 1.54) is 0 Å². The number of imide groups is 1. The normalized spacial score (nSPS) is 23.6. The molecule has 0 aromatic rings. The molecule has 0 aromatic heterocycles. The van der Waals surface area contributed by atoms with Crippen LogP contribution in [0.25, 0.3) is 0 Å². The Balaban J connectivity index is 2.23. The second-order valence-electron chi connectivity index (χ2n) is 5.94. The van der Waals surface area contributed by atoms with E-state index in [4.69, 9.17) is 4.74 Å². The summed E-state index contributed by atoms with van der Waals surface area (Å²) in [5.74, 6) is 0.260. The van der Waals surface area contributed by atoms with Crippen LogP contribution in [-0.4, -0.2) is 55.2 Å². The molecular weight excluding hydrogens is 258 g/mol. The standard InChI is InChI=1S/C14H27N3O3/c1-10(2)5-6-15-14(19)16-13(18)9-17-7-11(3)20-12(4)8-17/h10-12H,5-9H2,1-4H3,(H2,15,16,18,19). The van der Waals surface area contributed by atoms with E-state index in [0.29, 0.717) is 25.6 Å². The molecule has 0 radical (unpaired) electrons. The highest BCUT2D eigenvalue weighted by Crippen LogP contribution is 2.09. The molecular formula is C14H27N3O3. The van der Waals surface area contributed by atoms with Gasteiger partial charge in [-0.3, -0.25) is 15.0 Å². The van der Waals surface area contributed by atoms with Gasteiger partial charge in [0.2, 0.25) is 5.91 Å². The van der Waals surface area contributed by atoms with Gasteiger partial charge in [-0.15, -0.1) is 0 Å². The summed E-state index contributed by atoms with van der Waals surface area (Å²) in [5, 5.41) is 5.04. The Morgan fingerprint density at radius 1 is 1.25 bits per heavy atom. The molecule has 2 atom stereocenters. The van der Waals surface area contributed by atoms with Crippen LogP contribution in [0.4, 0.5) is 4.79 Å². The number of urea groups is 1. The fourth-order valence-corrected chi connectivity index (χ4v) is 2.30. The van der Waals surface area contributed by atoms with Gasteiger partial charge in [0.15, 0.2) is 0 Å². The van der Waals surface area contributed by atoms with Crippen molar-refractivity contribution < 1.29 is 14.3 Å². The minimum atomic E-state index is -0.412. The first-order chi connectivity index (χ1) is 9.36. The first kappa shape index (κ1) is 16.9. The van der Waals surface area contributed by atoms with Gasteiger partial charge < -0.3 is 10.1 Å². The van der Waals surface area contributed by atoms with Gasteiger partial charge in [-0.2, -0.15) is 0 Å². The summed E-state index contributed by atoms with van der Waals surface area (Å²) >= 11 is 0. The summed E-state index contributed by atoms with van der Waals surface area (Å²) in [5.41, 5.74) is 0. The van der Waals surface area contributed by atoms with Gasteiger partial charge in [-0.1, -0.05) is 13.8 Å². The molecule has 1 rings (SSSR count). The fraction of sp³-hybridized carbons (Fsp3) is 0.857. The molecule has 1 saturated heterocycles. The molecule has 0 aliphatic carbocycles. The molecule has 0 aromatic carbocycles. The van der Waals surface area contributed by atoms with Crippen LogP contribution in [0.2, 0.25) is 0 Å². The Labute approximate surface area is 121 Å². The summed E-state index contributed by atoms with van der Waals surface area (Å²) in [7, 11) is 0. The van der Waals surface area contributed by atoms with Gasteiger partial charge >= 0.3 is 6.03 Å². The molecule has 3 amide bonds. The van der Waals surface area contributed by atoms with Gasteiger partial charge in [0.1, 0.15) is 0 Å². The number of rotatable bonds is 5. The van der Waals surface area contributed by atoms with Crippen LogP contribution >= 0.6 is 0 Å². The second-order valence-corrected chi connectivity index (χ2v) is 5.94. The molecule has 116 valence electrons. The van der Waals surface area contributed by atoms with Gasteiger partial charge in [0.25, 0.3) is 0 Å². The number of morpholine rings is 1. The molecule has 0 spiro atoms. The number of nitrogens with one attached hydrogen (secondary N) is 2. The van der Waals surface area contributed by atoms with Gasteiger partial charge in [-0.25, -0.2) is 4.79 Å². The molecule has 1 fully saturated rings. The average molecular weight is 285 g/mol. The van der Waals surface area contributed by atoms with Crippen molar-refractivity contribution >= 4 is 11.9 Å². The zero-order valence-corrected chi connectivity index (χ0v) is 12.9. The number of hydrogen-bond acceptors (Lipinski definition) is 4. The summed E-state index contributed by atoms with van der Waals surface area (Å²) in [6, 6.07) is -0.412. The molecule has 6 nitrogen and oxygen atoms in total. The molecule has 20 heavy (non-hydrogen) atoms. The van der Waals surface area contributed by atoms with E-state index in [1.807, 2.05) is 18.7 Å². The van der Waals surface area contributed by atoms with Crippen molar-refractivity contribution in [3.05, 3.63) is 0 Å². The maximum absolute atomic E-state index is 11.8. The number of ether oxygens (including phenoxy) is 1. The summed E-state index contributed by atoms with van der Waals surface area (Å²) in [6.45, 7) is 10.4. The predicted molar refractivity (Wildman–Crippen MR) is 77.4 cm³/mol. The third-order valence-corrected chi connectivity index (χ3v) is 3.12. The maximum atomic E-state index is 11.8. The minimum Gasteiger partial charge on any atom is -0.373 e. The van der Waals surface area contributed by atoms with Crippen LogP contribution in [-0.2, 0) is 9.53 Å². The summed E-state index contributed by atoms with van der Waals surface area (Å²) < 4.78 is 5.60. The third kappa shape index (κ3) is 6.86. The molecule has 6 heteroatoms. The zero-order valence-electron chi connectivity index (χ0n) is 12.9. The molecule has 2 N–H and O–H groups in total. The van der Waals surface area contributed by atoms with Crippen molar-refractivity contribution in [3.63, 3.8) is 0 Å². The highest BCUT2D eigenvalue weighted by atomic mass is 16.5. The Hall–Kier alpha value is -1.14. The lowest BCUT2D eigenvalue weighted by Gasteiger charge is -2.34. The maximum Gasteiger partial charge on any atom is 0.321 e. The van der Waals surface area contributed by atoms with Crippen LogP contribution in [0.1, 0.15) is 34.1 Å². The zero-order chi connectivity index (χ0) is 15.1. The van der Waals surface area contributed by atoms with E-state index < -0.39 is 6.03 Å². The van der Waals surface area contributed by atoms with E-state index >= 15 is 0 Å². The lowest BCUT2D eigenvalue weighted by molar-refractivity contribution is -0.124. The van der Waals surface area contributed by atoms with E-state index in [0.717, 1.165) is 6.42 Å². The van der Waals surface area contributed by atoms with Gasteiger partial charge in [-0.05, 0) is 26.2 Å². The van der Waals surface area contributed by atoms with Gasteiger partial charge in [0.05, 0.1) is 18.8 Å². The molecule has 1 aliphatic rings. The average Bonchev–Trinajstić information content (AvgIpc) is 2.25. The van der Waals surface area contributed by atoms with E-state index in [9.17, 15) is 9.59 Å². The Bertz CT molecular complexity index is 324.